The van der Waals surface area contributed by atoms with E-state index < -0.39 is 0 Å². The van der Waals surface area contributed by atoms with Gasteiger partial charge in [-0.15, -0.1) is 0 Å². The number of nitrogens with zero attached hydrogens (tertiary/aromatic N) is 5. The number of aromatic nitrogens is 4. The Labute approximate surface area is 181 Å². The molecule has 0 spiro atoms. The molecule has 1 aliphatic heterocycles. The largest absolute Gasteiger partial charge is 0.497 e. The molecule has 0 N–H and O–H groups in total. The predicted molar refractivity (Wildman–Crippen MR) is 116 cm³/mol. The number of methoxy groups -OCH3 is 1. The molecule has 0 unspecified atom stereocenters. The van der Waals surface area contributed by atoms with Crippen molar-refractivity contribution in [2.75, 3.05) is 20.2 Å². The van der Waals surface area contributed by atoms with Gasteiger partial charge < -0.3 is 9.64 Å². The zero-order valence-electron chi connectivity index (χ0n) is 18.2. The van der Waals surface area contributed by atoms with Crippen LogP contribution in [0.15, 0.2) is 30.6 Å². The number of benzene rings is 1. The maximum atomic E-state index is 12.9. The second-order valence-corrected chi connectivity index (χ2v) is 8.02. The monoisotopic (exact) mass is 421 g/mol. The van der Waals surface area contributed by atoms with Gasteiger partial charge in [0.15, 0.2) is 11.4 Å². The molecule has 1 aromatic carbocycles. The number of aryl methyl sites for hydroxylation is 2. The average molecular weight is 422 g/mol. The molecule has 0 saturated carbocycles. The number of hydrogen-bond acceptors (Lipinski definition) is 6. The fourth-order valence-corrected chi connectivity index (χ4v) is 4.30. The van der Waals surface area contributed by atoms with Crippen LogP contribution in [0.1, 0.15) is 53.2 Å². The lowest BCUT2D eigenvalue weighted by Crippen LogP contribution is -2.39. The Morgan fingerprint density at radius 3 is 2.77 bits per heavy atom. The summed E-state index contributed by atoms with van der Waals surface area (Å²) in [6.07, 6.45) is 5.60. The predicted octanol–water partition coefficient (Wildman–Crippen LogP) is 3.05. The van der Waals surface area contributed by atoms with Crippen molar-refractivity contribution in [2.45, 2.75) is 38.5 Å². The number of Topliss-reactive ketones (excluding diaryl/α,β-unsaturated/α-hetero) is 1. The van der Waals surface area contributed by atoms with E-state index in [0.29, 0.717) is 18.7 Å². The number of ether oxygens (including phenoxy) is 1. The van der Waals surface area contributed by atoms with Crippen LogP contribution in [0.5, 0.6) is 5.75 Å². The van der Waals surface area contributed by atoms with Gasteiger partial charge in [-0.05, 0) is 43.5 Å². The number of ketones is 1. The van der Waals surface area contributed by atoms with Crippen LogP contribution < -0.4 is 4.74 Å². The number of rotatable bonds is 6. The minimum atomic E-state index is -0.0203. The van der Waals surface area contributed by atoms with Gasteiger partial charge in [0.25, 0.3) is 0 Å². The Morgan fingerprint density at radius 1 is 1.19 bits per heavy atom. The molecule has 3 aromatic rings. The number of likely N-dealkylation sites (tertiary alicyclic amines) is 1. The highest BCUT2D eigenvalue weighted by Gasteiger charge is 2.29. The maximum absolute atomic E-state index is 12.9. The van der Waals surface area contributed by atoms with Gasteiger partial charge in [0.2, 0.25) is 5.91 Å². The van der Waals surface area contributed by atoms with Crippen molar-refractivity contribution in [3.8, 4) is 5.75 Å². The summed E-state index contributed by atoms with van der Waals surface area (Å²) in [6.45, 7) is 3.19. The third-order valence-corrected chi connectivity index (χ3v) is 5.95. The molecule has 4 rings (SSSR count). The maximum Gasteiger partial charge on any atom is 0.223 e. The molecule has 8 heteroatoms. The molecule has 31 heavy (non-hydrogen) atoms. The highest BCUT2D eigenvalue weighted by molar-refractivity contribution is 5.99. The van der Waals surface area contributed by atoms with Gasteiger partial charge >= 0.3 is 0 Å². The first-order chi connectivity index (χ1) is 15.0. The third-order valence-electron chi connectivity index (χ3n) is 5.95. The average Bonchev–Trinajstić information content (AvgIpc) is 3.14. The Bertz CT molecular complexity index is 1120. The van der Waals surface area contributed by atoms with E-state index in [1.54, 1.807) is 36.3 Å². The van der Waals surface area contributed by atoms with Crippen LogP contribution in [0.4, 0.5) is 0 Å². The Kier molecular flexibility index (Phi) is 5.97. The molecule has 1 amide bonds. The number of carbonyl (C=O) groups excluding carboxylic acids is 2. The van der Waals surface area contributed by atoms with Crippen LogP contribution in [0.3, 0.4) is 0 Å². The van der Waals surface area contributed by atoms with E-state index in [9.17, 15) is 9.59 Å². The Hall–Kier alpha value is -3.29. The van der Waals surface area contributed by atoms with E-state index in [1.807, 2.05) is 24.9 Å². The minimum Gasteiger partial charge on any atom is -0.497 e. The fraction of sp³-hybridized carbons (Fsp3) is 0.435. The minimum absolute atomic E-state index is 0.00976. The van der Waals surface area contributed by atoms with Gasteiger partial charge in [-0.2, -0.15) is 5.10 Å². The van der Waals surface area contributed by atoms with E-state index in [2.05, 4.69) is 15.1 Å². The van der Waals surface area contributed by atoms with Crippen molar-refractivity contribution in [3.05, 3.63) is 47.4 Å². The van der Waals surface area contributed by atoms with Crippen molar-refractivity contribution in [1.29, 1.82) is 0 Å². The van der Waals surface area contributed by atoms with E-state index in [1.165, 1.54) is 0 Å². The second kappa shape index (κ2) is 8.83. The number of piperidine rings is 1. The first kappa shape index (κ1) is 21.0. The van der Waals surface area contributed by atoms with Crippen molar-refractivity contribution in [2.24, 2.45) is 7.05 Å². The lowest BCUT2D eigenvalue weighted by molar-refractivity contribution is -0.132. The molecular formula is C23H27N5O3. The SMILES string of the molecule is COc1ccc(C(=O)CCC(=O)N2CCC[C@@H](c3nn(C)c4nccnc34)C2)c(C)c1. The highest BCUT2D eigenvalue weighted by atomic mass is 16.5. The topological polar surface area (TPSA) is 90.2 Å². The summed E-state index contributed by atoms with van der Waals surface area (Å²) in [5.41, 5.74) is 3.95. The molecule has 2 aromatic heterocycles. The fourth-order valence-electron chi connectivity index (χ4n) is 4.30. The molecule has 0 aliphatic carbocycles. The number of fused-ring (bicyclic) bond motifs is 1. The van der Waals surface area contributed by atoms with Crippen LogP contribution in [0.2, 0.25) is 0 Å². The molecule has 1 atom stereocenters. The first-order valence-electron chi connectivity index (χ1n) is 10.6. The molecule has 1 fully saturated rings. The Morgan fingerprint density at radius 2 is 2.00 bits per heavy atom. The number of hydrogen-bond donors (Lipinski definition) is 0. The van der Waals surface area contributed by atoms with E-state index in [0.717, 1.165) is 41.0 Å². The number of carbonyl (C=O) groups is 2. The summed E-state index contributed by atoms with van der Waals surface area (Å²) in [5, 5.41) is 4.63. The van der Waals surface area contributed by atoms with Crippen LogP contribution in [-0.2, 0) is 11.8 Å². The van der Waals surface area contributed by atoms with Crippen molar-refractivity contribution < 1.29 is 14.3 Å². The van der Waals surface area contributed by atoms with Crippen LogP contribution in [0, 0.1) is 6.92 Å². The molecule has 162 valence electrons. The van der Waals surface area contributed by atoms with Gasteiger partial charge in [-0.1, -0.05) is 0 Å². The lowest BCUT2D eigenvalue weighted by atomic mass is 9.93. The molecule has 1 saturated heterocycles. The van der Waals surface area contributed by atoms with Gasteiger partial charge in [0.05, 0.1) is 12.8 Å². The quantitative estimate of drug-likeness (QED) is 0.568. The van der Waals surface area contributed by atoms with E-state index >= 15 is 0 Å². The summed E-state index contributed by atoms with van der Waals surface area (Å²) in [6, 6.07) is 5.38. The van der Waals surface area contributed by atoms with E-state index in [-0.39, 0.29) is 30.4 Å². The van der Waals surface area contributed by atoms with Crippen LogP contribution in [0.25, 0.3) is 11.2 Å². The summed E-state index contributed by atoms with van der Waals surface area (Å²) in [7, 11) is 3.46. The molecule has 3 heterocycles. The van der Waals surface area contributed by atoms with Crippen molar-refractivity contribution >= 4 is 22.9 Å². The van der Waals surface area contributed by atoms with Gasteiger partial charge in [-0.25, -0.2) is 14.6 Å². The van der Waals surface area contributed by atoms with Gasteiger partial charge in [-0.3, -0.25) is 9.59 Å². The highest BCUT2D eigenvalue weighted by Crippen LogP contribution is 2.30. The van der Waals surface area contributed by atoms with Crippen LogP contribution >= 0.6 is 0 Å². The standard InChI is InChI=1S/C23H27N5O3/c1-15-13-17(31-3)6-7-18(15)19(29)8-9-20(30)28-12-4-5-16(14-28)21-22-23(27(2)26-21)25-11-10-24-22/h6-7,10-11,13,16H,4-5,8-9,12,14H2,1-3H3/t16-/m1/s1. The summed E-state index contributed by atoms with van der Waals surface area (Å²) >= 11 is 0. The molecule has 0 radical (unpaired) electrons. The normalized spacial score (nSPS) is 16.5. The van der Waals surface area contributed by atoms with Crippen molar-refractivity contribution in [3.63, 3.8) is 0 Å². The first-order valence-corrected chi connectivity index (χ1v) is 10.6. The molecular weight excluding hydrogens is 394 g/mol. The summed E-state index contributed by atoms with van der Waals surface area (Å²) < 4.78 is 6.94. The van der Waals surface area contributed by atoms with E-state index in [4.69, 9.17) is 4.74 Å². The van der Waals surface area contributed by atoms with Gasteiger partial charge in [0.1, 0.15) is 11.3 Å². The van der Waals surface area contributed by atoms with Crippen LogP contribution in [-0.4, -0.2) is 56.5 Å². The molecule has 8 nitrogen and oxygen atoms in total. The zero-order valence-corrected chi connectivity index (χ0v) is 18.2. The second-order valence-electron chi connectivity index (χ2n) is 8.02. The zero-order chi connectivity index (χ0) is 22.0. The smallest absolute Gasteiger partial charge is 0.223 e. The van der Waals surface area contributed by atoms with Crippen molar-refractivity contribution in [1.82, 2.24) is 24.6 Å². The summed E-state index contributed by atoms with van der Waals surface area (Å²) in [5.74, 6) is 0.831. The summed E-state index contributed by atoms with van der Waals surface area (Å²) in [4.78, 5) is 36.2. The molecule has 0 bridgehead atoms. The third kappa shape index (κ3) is 4.28. The number of amides is 1. The Balaban J connectivity index is 1.40. The van der Waals surface area contributed by atoms with Gasteiger partial charge in [0, 0.05) is 56.9 Å². The molecule has 1 aliphatic rings. The lowest BCUT2D eigenvalue weighted by Gasteiger charge is -2.32.